The van der Waals surface area contributed by atoms with Crippen molar-refractivity contribution in [3.8, 4) is 0 Å². The summed E-state index contributed by atoms with van der Waals surface area (Å²) >= 11 is 13.2. The molecule has 1 aliphatic heterocycles. The van der Waals surface area contributed by atoms with Gasteiger partial charge in [0.2, 0.25) is 0 Å². The van der Waals surface area contributed by atoms with Gasteiger partial charge in [-0.1, -0.05) is 0 Å². The average molecular weight is 523 g/mol. The third-order valence-electron chi connectivity index (χ3n) is 1.95. The van der Waals surface area contributed by atoms with E-state index in [2.05, 4.69) is 69.0 Å². The topological polar surface area (TPSA) is 83.5 Å². The molecule has 9 heteroatoms. The number of benzene rings is 1. The summed E-state index contributed by atoms with van der Waals surface area (Å²) in [4.78, 5) is 32.0. The van der Waals surface area contributed by atoms with Gasteiger partial charge in [0.25, 0.3) is 17.8 Å². The van der Waals surface area contributed by atoms with Crippen molar-refractivity contribution in [2.45, 2.75) is 6.92 Å². The highest BCUT2D eigenvalue weighted by Gasteiger charge is 2.34. The van der Waals surface area contributed by atoms with Crippen LogP contribution >= 0.6 is 63.7 Å². The molecule has 1 aromatic carbocycles. The van der Waals surface area contributed by atoms with Crippen LogP contribution in [-0.4, -0.2) is 22.9 Å². The van der Waals surface area contributed by atoms with E-state index >= 15 is 0 Å². The van der Waals surface area contributed by atoms with Crippen molar-refractivity contribution >= 4 is 81.5 Å². The Bertz CT molecular complexity index is 551. The highest BCUT2D eigenvalue weighted by Crippen LogP contribution is 2.43. The fourth-order valence-corrected chi connectivity index (χ4v) is 3.76. The first kappa shape index (κ1) is 16.8. The highest BCUT2D eigenvalue weighted by atomic mass is 79.9. The molecule has 19 heavy (non-hydrogen) atoms. The van der Waals surface area contributed by atoms with E-state index < -0.39 is 17.8 Å². The van der Waals surface area contributed by atoms with E-state index in [9.17, 15) is 9.59 Å². The smallest absolute Gasteiger partial charge is 0.300 e. The number of carbonyl (C=O) groups is 3. The molecule has 2 N–H and O–H groups in total. The quantitative estimate of drug-likeness (QED) is 0.309. The molecule has 0 atom stereocenters. The lowest BCUT2D eigenvalue weighted by atomic mass is 10.1. The summed E-state index contributed by atoms with van der Waals surface area (Å²) in [5, 5.41) is 9.66. The Labute approximate surface area is 141 Å². The Balaban J connectivity index is 0.000000399. The number of imide groups is 1. The van der Waals surface area contributed by atoms with Crippen LogP contribution in [0.2, 0.25) is 0 Å². The maximum atomic E-state index is 11.5. The lowest BCUT2D eigenvalue weighted by Gasteiger charge is -2.07. The molecule has 102 valence electrons. The van der Waals surface area contributed by atoms with Crippen LogP contribution in [0.5, 0.6) is 0 Å². The zero-order valence-corrected chi connectivity index (χ0v) is 15.5. The summed E-state index contributed by atoms with van der Waals surface area (Å²) in [5.41, 5.74) is 0.698. The van der Waals surface area contributed by atoms with Crippen molar-refractivity contribution in [1.29, 1.82) is 0 Å². The van der Waals surface area contributed by atoms with Crippen molar-refractivity contribution in [3.63, 3.8) is 0 Å². The number of halogens is 4. The van der Waals surface area contributed by atoms with Crippen LogP contribution in [0, 0.1) is 0 Å². The van der Waals surface area contributed by atoms with Gasteiger partial charge in [0.1, 0.15) is 0 Å². The summed E-state index contributed by atoms with van der Waals surface area (Å²) < 4.78 is 2.52. The zero-order valence-electron chi connectivity index (χ0n) is 9.18. The summed E-state index contributed by atoms with van der Waals surface area (Å²) in [6.45, 7) is 1.08. The van der Waals surface area contributed by atoms with E-state index in [0.717, 1.165) is 6.92 Å². The van der Waals surface area contributed by atoms with E-state index in [4.69, 9.17) is 9.90 Å². The van der Waals surface area contributed by atoms with Gasteiger partial charge in [-0.15, -0.1) is 0 Å². The first-order valence-electron chi connectivity index (χ1n) is 4.59. The second-order valence-corrected chi connectivity index (χ2v) is 6.48. The fraction of sp³-hybridized carbons (Fsp3) is 0.100. The molecule has 0 aliphatic carbocycles. The number of nitrogens with one attached hydrogen (secondary N) is 1. The number of rotatable bonds is 0. The van der Waals surface area contributed by atoms with Crippen molar-refractivity contribution in [1.82, 2.24) is 5.32 Å². The Hall–Kier alpha value is -0.250. The number of carboxylic acid groups (broad SMARTS) is 1. The molecule has 5 nitrogen and oxygen atoms in total. The third-order valence-corrected chi connectivity index (χ3v) is 6.72. The van der Waals surface area contributed by atoms with Crippen LogP contribution in [-0.2, 0) is 4.79 Å². The maximum Gasteiger partial charge on any atom is 0.300 e. The number of hydrogen-bond acceptors (Lipinski definition) is 3. The first-order valence-corrected chi connectivity index (χ1v) is 7.76. The molecule has 1 heterocycles. The molecule has 1 aliphatic rings. The normalized spacial score (nSPS) is 12.5. The molecule has 2 rings (SSSR count). The number of hydrogen-bond donors (Lipinski definition) is 2. The van der Waals surface area contributed by atoms with Crippen LogP contribution in [0.15, 0.2) is 17.9 Å². The molecule has 2 amide bonds. The molecule has 0 saturated carbocycles. The minimum absolute atomic E-state index is 0.349. The Morgan fingerprint density at radius 2 is 1.16 bits per heavy atom. The summed E-state index contributed by atoms with van der Waals surface area (Å²) in [7, 11) is 0. The Kier molecular flexibility index (Phi) is 5.72. The minimum atomic E-state index is -0.833. The lowest BCUT2D eigenvalue weighted by molar-refractivity contribution is -0.134. The Morgan fingerprint density at radius 3 is 1.42 bits per heavy atom. The van der Waals surface area contributed by atoms with Crippen molar-refractivity contribution in [2.75, 3.05) is 0 Å². The van der Waals surface area contributed by atoms with Gasteiger partial charge in [0.05, 0.1) is 11.1 Å². The molecular weight excluding hydrogens is 518 g/mol. The van der Waals surface area contributed by atoms with E-state index in [1.54, 1.807) is 0 Å². The van der Waals surface area contributed by atoms with Crippen molar-refractivity contribution in [3.05, 3.63) is 29.0 Å². The van der Waals surface area contributed by atoms with Gasteiger partial charge in [-0.05, 0) is 63.7 Å². The second-order valence-electron chi connectivity index (χ2n) is 3.31. The largest absolute Gasteiger partial charge is 0.481 e. The summed E-state index contributed by atoms with van der Waals surface area (Å²) in [6, 6.07) is 0. The summed E-state index contributed by atoms with van der Waals surface area (Å²) in [6.07, 6.45) is 0. The van der Waals surface area contributed by atoms with Crippen molar-refractivity contribution in [2.24, 2.45) is 0 Å². The predicted octanol–water partition coefficient (Wildman–Crippen LogP) is 3.71. The predicted molar refractivity (Wildman–Crippen MR) is 82.3 cm³/mol. The molecule has 0 unspecified atom stereocenters. The number of fused-ring (bicyclic) bond motifs is 1. The van der Waals surface area contributed by atoms with E-state index in [0.29, 0.717) is 29.0 Å². The molecular formula is C10H5Br4NO4. The standard InChI is InChI=1S/C8HBr4NO2.C2H4O2/c9-3-1-2(8(15)13-7(1)14)4(10)6(12)5(3)11;1-2(3)4/h(H,13,14,15);1H3,(H,3,4). The van der Waals surface area contributed by atoms with Crippen LogP contribution < -0.4 is 5.32 Å². The SMILES string of the molecule is CC(=O)O.O=C1NC(=O)c2c(Br)c(Br)c(Br)c(Br)c21. The van der Waals surface area contributed by atoms with Gasteiger partial charge in [0.15, 0.2) is 0 Å². The van der Waals surface area contributed by atoms with Gasteiger partial charge < -0.3 is 5.11 Å². The number of carbonyl (C=O) groups excluding carboxylic acids is 2. The molecule has 0 fully saturated rings. The maximum absolute atomic E-state index is 11.5. The molecule has 0 saturated heterocycles. The average Bonchev–Trinajstić information content (AvgIpc) is 2.58. The number of amides is 2. The van der Waals surface area contributed by atoms with Crippen molar-refractivity contribution < 1.29 is 19.5 Å². The fourth-order valence-electron chi connectivity index (χ4n) is 1.29. The van der Waals surface area contributed by atoms with Gasteiger partial charge in [-0.3, -0.25) is 19.7 Å². The lowest BCUT2D eigenvalue weighted by Crippen LogP contribution is -2.20. The van der Waals surface area contributed by atoms with E-state index in [1.807, 2.05) is 0 Å². The van der Waals surface area contributed by atoms with Gasteiger partial charge >= 0.3 is 0 Å². The van der Waals surface area contributed by atoms with E-state index in [1.165, 1.54) is 0 Å². The monoisotopic (exact) mass is 519 g/mol. The van der Waals surface area contributed by atoms with Gasteiger partial charge in [-0.25, -0.2) is 0 Å². The third kappa shape index (κ3) is 3.45. The zero-order chi connectivity index (χ0) is 14.9. The van der Waals surface area contributed by atoms with Crippen LogP contribution in [0.3, 0.4) is 0 Å². The molecule has 0 spiro atoms. The molecule has 0 radical (unpaired) electrons. The summed E-state index contributed by atoms with van der Waals surface area (Å²) in [5.74, 6) is -1.62. The minimum Gasteiger partial charge on any atom is -0.481 e. The molecule has 0 aromatic heterocycles. The number of aliphatic carboxylic acids is 1. The second kappa shape index (κ2) is 6.47. The van der Waals surface area contributed by atoms with Crippen LogP contribution in [0.4, 0.5) is 0 Å². The van der Waals surface area contributed by atoms with Gasteiger partial charge in [-0.2, -0.15) is 0 Å². The first-order chi connectivity index (χ1) is 8.68. The molecule has 1 aromatic rings. The highest BCUT2D eigenvalue weighted by molar-refractivity contribution is 9.15. The van der Waals surface area contributed by atoms with E-state index in [-0.39, 0.29) is 0 Å². The van der Waals surface area contributed by atoms with Gasteiger partial charge in [0, 0.05) is 24.8 Å². The Morgan fingerprint density at radius 1 is 0.895 bits per heavy atom. The number of carboxylic acids is 1. The van der Waals surface area contributed by atoms with Crippen LogP contribution in [0.1, 0.15) is 27.6 Å². The van der Waals surface area contributed by atoms with Crippen LogP contribution in [0.25, 0.3) is 0 Å². The molecule has 0 bridgehead atoms.